The molecule has 0 unspecified atom stereocenters. The van der Waals surface area contributed by atoms with E-state index >= 15 is 0 Å². The van der Waals surface area contributed by atoms with Crippen LogP contribution in [0.25, 0.3) is 10.2 Å². The fourth-order valence-corrected chi connectivity index (χ4v) is 4.53. The number of amides is 2. The van der Waals surface area contributed by atoms with Crippen LogP contribution in [-0.2, 0) is 11.3 Å². The highest BCUT2D eigenvalue weighted by molar-refractivity contribution is 7.20. The number of hydrogen-bond acceptors (Lipinski definition) is 5. The predicted molar refractivity (Wildman–Crippen MR) is 128 cm³/mol. The van der Waals surface area contributed by atoms with Crippen LogP contribution in [0.5, 0.6) is 0 Å². The van der Waals surface area contributed by atoms with Gasteiger partial charge in [-0.15, -0.1) is 11.3 Å². The molecule has 0 atom stereocenters. The second-order valence-corrected chi connectivity index (χ2v) is 8.60. The lowest BCUT2D eigenvalue weighted by Gasteiger charge is -2.08. The lowest BCUT2D eigenvalue weighted by atomic mass is 10.1. The Labute approximate surface area is 188 Å². The van der Waals surface area contributed by atoms with Crippen LogP contribution in [0.2, 0.25) is 0 Å². The third-order valence-electron chi connectivity index (χ3n) is 5.13. The van der Waals surface area contributed by atoms with E-state index in [-0.39, 0.29) is 23.9 Å². The first kappa shape index (κ1) is 21.5. The maximum Gasteiger partial charge on any atom is 0.266 e. The van der Waals surface area contributed by atoms with Crippen molar-refractivity contribution in [2.75, 3.05) is 10.6 Å². The summed E-state index contributed by atoms with van der Waals surface area (Å²) >= 11 is 1.17. The Morgan fingerprint density at radius 2 is 1.78 bits per heavy atom. The van der Waals surface area contributed by atoms with E-state index in [2.05, 4.69) is 15.6 Å². The summed E-state index contributed by atoms with van der Waals surface area (Å²) in [7, 11) is 0. The van der Waals surface area contributed by atoms with Crippen molar-refractivity contribution < 1.29 is 9.59 Å². The van der Waals surface area contributed by atoms with E-state index in [1.54, 1.807) is 19.1 Å². The largest absolute Gasteiger partial charge is 0.325 e. The first-order valence-electron chi connectivity index (χ1n) is 10.1. The Morgan fingerprint density at radius 1 is 1.03 bits per heavy atom. The number of nitrogens with zero attached hydrogens (tertiary/aromatic N) is 2. The Morgan fingerprint density at radius 3 is 2.50 bits per heavy atom. The van der Waals surface area contributed by atoms with Crippen LogP contribution in [0.4, 0.5) is 11.4 Å². The highest BCUT2D eigenvalue weighted by atomic mass is 32.1. The molecule has 8 heteroatoms. The van der Waals surface area contributed by atoms with Crippen molar-refractivity contribution in [3.63, 3.8) is 0 Å². The lowest BCUT2D eigenvalue weighted by molar-refractivity contribution is -0.116. The smallest absolute Gasteiger partial charge is 0.266 e. The third-order valence-corrected chi connectivity index (χ3v) is 6.32. The van der Waals surface area contributed by atoms with Crippen LogP contribution in [0.15, 0.2) is 59.7 Å². The number of hydrogen-bond donors (Lipinski definition) is 2. The van der Waals surface area contributed by atoms with Gasteiger partial charge in [-0.25, -0.2) is 4.98 Å². The van der Waals surface area contributed by atoms with Gasteiger partial charge < -0.3 is 10.6 Å². The normalized spacial score (nSPS) is 10.8. The number of anilines is 2. The summed E-state index contributed by atoms with van der Waals surface area (Å²) < 4.78 is 1.26. The number of para-hydroxylation sites is 1. The summed E-state index contributed by atoms with van der Waals surface area (Å²) in [6.07, 6.45) is 1.34. The minimum absolute atomic E-state index is 0.171. The average Bonchev–Trinajstić information content (AvgIpc) is 3.10. The summed E-state index contributed by atoms with van der Waals surface area (Å²) in [5.74, 6) is -0.620. The number of carbonyl (C=O) groups is 2. The monoisotopic (exact) mass is 446 g/mol. The zero-order valence-electron chi connectivity index (χ0n) is 17.9. The molecular weight excluding hydrogens is 424 g/mol. The number of fused-ring (bicyclic) bond motifs is 1. The SMILES string of the molecule is Cc1ccc(NC(=O)c2sc3ncn(CC(=O)Nc4ccccc4)c(=O)c3c2C)c(C)c1. The van der Waals surface area contributed by atoms with Crippen molar-refractivity contribution in [3.8, 4) is 0 Å². The topological polar surface area (TPSA) is 93.1 Å². The molecule has 0 aliphatic rings. The number of carbonyl (C=O) groups excluding carboxylic acids is 2. The highest BCUT2D eigenvalue weighted by Crippen LogP contribution is 2.28. The Balaban J connectivity index is 1.60. The van der Waals surface area contributed by atoms with Gasteiger partial charge in [-0.05, 0) is 50.1 Å². The quantitative estimate of drug-likeness (QED) is 0.479. The zero-order valence-corrected chi connectivity index (χ0v) is 18.7. The molecule has 2 N–H and O–H groups in total. The highest BCUT2D eigenvalue weighted by Gasteiger charge is 2.20. The van der Waals surface area contributed by atoms with E-state index in [1.807, 2.05) is 50.2 Å². The van der Waals surface area contributed by atoms with Crippen LogP contribution in [0, 0.1) is 20.8 Å². The van der Waals surface area contributed by atoms with E-state index in [1.165, 1.54) is 22.2 Å². The Bertz CT molecular complexity index is 1390. The average molecular weight is 447 g/mol. The third kappa shape index (κ3) is 4.31. The number of nitrogens with one attached hydrogen (secondary N) is 2. The van der Waals surface area contributed by atoms with Gasteiger partial charge in [0.1, 0.15) is 11.4 Å². The first-order valence-corrected chi connectivity index (χ1v) is 10.9. The molecule has 7 nitrogen and oxygen atoms in total. The van der Waals surface area contributed by atoms with Gasteiger partial charge in [0.05, 0.1) is 16.6 Å². The molecule has 0 bridgehead atoms. The zero-order chi connectivity index (χ0) is 22.8. The van der Waals surface area contributed by atoms with Crippen LogP contribution >= 0.6 is 11.3 Å². The van der Waals surface area contributed by atoms with Crippen LogP contribution < -0.4 is 16.2 Å². The van der Waals surface area contributed by atoms with Crippen LogP contribution in [0.1, 0.15) is 26.4 Å². The molecule has 0 fully saturated rings. The molecule has 0 aliphatic heterocycles. The van der Waals surface area contributed by atoms with Crippen LogP contribution in [0.3, 0.4) is 0 Å². The molecule has 0 radical (unpaired) electrons. The van der Waals surface area contributed by atoms with Crippen molar-refractivity contribution >= 4 is 44.7 Å². The van der Waals surface area contributed by atoms with Crippen molar-refractivity contribution in [2.45, 2.75) is 27.3 Å². The summed E-state index contributed by atoms with van der Waals surface area (Å²) in [6, 6.07) is 14.8. The number of rotatable bonds is 5. The Kier molecular flexibility index (Phi) is 5.87. The molecule has 32 heavy (non-hydrogen) atoms. The van der Waals surface area contributed by atoms with Gasteiger partial charge in [0, 0.05) is 11.4 Å². The maximum absolute atomic E-state index is 13.0. The number of aromatic nitrogens is 2. The molecule has 0 saturated heterocycles. The molecule has 4 aromatic rings. The Hall–Kier alpha value is -3.78. The van der Waals surface area contributed by atoms with E-state index in [0.29, 0.717) is 26.3 Å². The predicted octanol–water partition coefficient (Wildman–Crippen LogP) is 4.27. The molecular formula is C24H22N4O3S. The molecule has 2 aromatic heterocycles. The van der Waals surface area contributed by atoms with Gasteiger partial charge in [0.15, 0.2) is 0 Å². The summed E-state index contributed by atoms with van der Waals surface area (Å²) in [4.78, 5) is 43.5. The molecule has 0 spiro atoms. The van der Waals surface area contributed by atoms with Crippen LogP contribution in [-0.4, -0.2) is 21.4 Å². The van der Waals surface area contributed by atoms with E-state index in [4.69, 9.17) is 0 Å². The van der Waals surface area contributed by atoms with Crippen molar-refractivity contribution in [1.82, 2.24) is 9.55 Å². The number of benzene rings is 2. The minimum atomic E-state index is -0.350. The second kappa shape index (κ2) is 8.76. The lowest BCUT2D eigenvalue weighted by Crippen LogP contribution is -2.27. The molecule has 2 aromatic carbocycles. The fourth-order valence-electron chi connectivity index (χ4n) is 3.50. The van der Waals surface area contributed by atoms with Gasteiger partial charge >= 0.3 is 0 Å². The molecule has 162 valence electrons. The van der Waals surface area contributed by atoms with Gasteiger partial charge in [0.2, 0.25) is 5.91 Å². The van der Waals surface area contributed by atoms with Gasteiger partial charge in [-0.2, -0.15) is 0 Å². The summed E-state index contributed by atoms with van der Waals surface area (Å²) in [5.41, 5.74) is 3.65. The number of aryl methyl sites for hydroxylation is 3. The molecule has 4 rings (SSSR count). The molecule has 0 aliphatic carbocycles. The van der Waals surface area contributed by atoms with Crippen molar-refractivity contribution in [2.24, 2.45) is 0 Å². The first-order chi connectivity index (χ1) is 15.3. The van der Waals surface area contributed by atoms with Gasteiger partial charge in [-0.3, -0.25) is 19.0 Å². The fraction of sp³-hybridized carbons (Fsp3) is 0.167. The minimum Gasteiger partial charge on any atom is -0.325 e. The van der Waals surface area contributed by atoms with Gasteiger partial charge in [-0.1, -0.05) is 35.9 Å². The standard InChI is InChI=1S/C24H22N4O3S/c1-14-9-10-18(15(2)11-14)27-22(30)21-16(3)20-23(32-21)25-13-28(24(20)31)12-19(29)26-17-7-5-4-6-8-17/h4-11,13H,12H2,1-3H3,(H,26,29)(H,27,30). The van der Waals surface area contributed by atoms with E-state index in [9.17, 15) is 14.4 Å². The summed E-state index contributed by atoms with van der Waals surface area (Å²) in [5, 5.41) is 6.03. The van der Waals surface area contributed by atoms with E-state index < -0.39 is 0 Å². The molecule has 2 amide bonds. The number of thiophene rings is 1. The summed E-state index contributed by atoms with van der Waals surface area (Å²) in [6.45, 7) is 5.48. The van der Waals surface area contributed by atoms with Crippen molar-refractivity contribution in [3.05, 3.63) is 86.8 Å². The second-order valence-electron chi connectivity index (χ2n) is 7.60. The van der Waals surface area contributed by atoms with E-state index in [0.717, 1.165) is 16.8 Å². The van der Waals surface area contributed by atoms with Crippen molar-refractivity contribution in [1.29, 1.82) is 0 Å². The molecule has 2 heterocycles. The van der Waals surface area contributed by atoms with Gasteiger partial charge in [0.25, 0.3) is 11.5 Å². The molecule has 0 saturated carbocycles. The maximum atomic E-state index is 13.0.